The Labute approximate surface area is 151 Å². The third-order valence-corrected chi connectivity index (χ3v) is 4.83. The molecule has 4 rings (SSSR count). The summed E-state index contributed by atoms with van der Waals surface area (Å²) in [6.07, 6.45) is 4.85. The average Bonchev–Trinajstić information content (AvgIpc) is 2.67. The monoisotopic (exact) mass is 349 g/mol. The van der Waals surface area contributed by atoms with Gasteiger partial charge in [-0.25, -0.2) is 9.37 Å². The first-order valence-electron chi connectivity index (χ1n) is 8.94. The molecule has 1 fully saturated rings. The van der Waals surface area contributed by atoms with E-state index in [0.717, 1.165) is 31.5 Å². The van der Waals surface area contributed by atoms with Gasteiger partial charge in [0.05, 0.1) is 22.9 Å². The zero-order chi connectivity index (χ0) is 18.1. The van der Waals surface area contributed by atoms with Gasteiger partial charge in [-0.1, -0.05) is 6.07 Å². The number of aromatic nitrogens is 2. The number of nitrogens with zero attached hydrogens (tertiary/aromatic N) is 3. The Bertz CT molecular complexity index is 980. The van der Waals surface area contributed by atoms with Crippen molar-refractivity contribution in [3.05, 3.63) is 59.5 Å². The second-order valence-corrected chi connectivity index (χ2v) is 6.79. The van der Waals surface area contributed by atoms with Gasteiger partial charge in [-0.2, -0.15) is 0 Å². The van der Waals surface area contributed by atoms with Crippen LogP contribution in [0.4, 0.5) is 4.39 Å². The van der Waals surface area contributed by atoms with Crippen LogP contribution in [0.2, 0.25) is 0 Å². The molecule has 0 aliphatic carbocycles. The van der Waals surface area contributed by atoms with Crippen molar-refractivity contribution < 1.29 is 9.18 Å². The van der Waals surface area contributed by atoms with E-state index in [1.807, 2.05) is 17.9 Å². The number of aryl methyl sites for hydroxylation is 1. The van der Waals surface area contributed by atoms with Gasteiger partial charge in [-0.05, 0) is 62.1 Å². The van der Waals surface area contributed by atoms with Gasteiger partial charge in [0.2, 0.25) is 0 Å². The van der Waals surface area contributed by atoms with E-state index in [1.54, 1.807) is 30.5 Å². The minimum Gasteiger partial charge on any atom is -0.339 e. The molecular weight excluding hydrogens is 329 g/mol. The second kappa shape index (κ2) is 6.83. The van der Waals surface area contributed by atoms with Gasteiger partial charge in [0.1, 0.15) is 5.82 Å². The lowest BCUT2D eigenvalue weighted by molar-refractivity contribution is 0.0724. The predicted molar refractivity (Wildman–Crippen MR) is 99.4 cm³/mol. The van der Waals surface area contributed by atoms with Gasteiger partial charge in [0.15, 0.2) is 0 Å². The standard InChI is InChI=1S/C21H20FN3O/c1-14-5-7-16(17(22)11-14)20-13-23-18-8-6-15(12-19(18)24-20)21(26)25-9-3-2-4-10-25/h5-8,11-13H,2-4,9-10H2,1H3. The van der Waals surface area contributed by atoms with Crippen LogP contribution in [0.3, 0.4) is 0 Å². The fourth-order valence-corrected chi connectivity index (χ4v) is 3.38. The van der Waals surface area contributed by atoms with Gasteiger partial charge in [0, 0.05) is 24.2 Å². The Morgan fingerprint density at radius 2 is 1.85 bits per heavy atom. The van der Waals surface area contributed by atoms with E-state index in [1.165, 1.54) is 12.5 Å². The van der Waals surface area contributed by atoms with Crippen LogP contribution in [-0.2, 0) is 0 Å². The van der Waals surface area contributed by atoms with Crippen LogP contribution in [0.25, 0.3) is 22.3 Å². The molecule has 1 aliphatic heterocycles. The van der Waals surface area contributed by atoms with Crippen LogP contribution in [0.15, 0.2) is 42.6 Å². The van der Waals surface area contributed by atoms with Crippen molar-refractivity contribution in [1.29, 1.82) is 0 Å². The SMILES string of the molecule is Cc1ccc(-c2cnc3ccc(C(=O)N4CCCCC4)cc3n2)c(F)c1. The predicted octanol–water partition coefficient (Wildman–Crippen LogP) is 4.37. The minimum atomic E-state index is -0.320. The molecule has 0 atom stereocenters. The van der Waals surface area contributed by atoms with Crippen molar-refractivity contribution >= 4 is 16.9 Å². The largest absolute Gasteiger partial charge is 0.339 e. The fourth-order valence-electron chi connectivity index (χ4n) is 3.38. The van der Waals surface area contributed by atoms with E-state index in [-0.39, 0.29) is 11.7 Å². The minimum absolute atomic E-state index is 0.0281. The summed E-state index contributed by atoms with van der Waals surface area (Å²) in [7, 11) is 0. The summed E-state index contributed by atoms with van der Waals surface area (Å²) >= 11 is 0. The first-order chi connectivity index (χ1) is 12.6. The number of likely N-dealkylation sites (tertiary alicyclic amines) is 1. The van der Waals surface area contributed by atoms with E-state index in [9.17, 15) is 9.18 Å². The van der Waals surface area contributed by atoms with E-state index in [2.05, 4.69) is 9.97 Å². The molecule has 5 heteroatoms. The summed E-state index contributed by atoms with van der Waals surface area (Å²) < 4.78 is 14.3. The molecule has 2 heterocycles. The molecule has 0 N–H and O–H groups in total. The van der Waals surface area contributed by atoms with Crippen molar-refractivity contribution in [2.45, 2.75) is 26.2 Å². The molecule has 1 amide bonds. The van der Waals surface area contributed by atoms with E-state index in [4.69, 9.17) is 0 Å². The summed E-state index contributed by atoms with van der Waals surface area (Å²) in [5.41, 5.74) is 3.64. The van der Waals surface area contributed by atoms with Gasteiger partial charge in [-0.15, -0.1) is 0 Å². The normalized spacial score (nSPS) is 14.6. The summed E-state index contributed by atoms with van der Waals surface area (Å²) in [6.45, 7) is 3.45. The maximum absolute atomic E-state index is 14.3. The molecule has 4 nitrogen and oxygen atoms in total. The highest BCUT2D eigenvalue weighted by molar-refractivity contribution is 5.97. The summed E-state index contributed by atoms with van der Waals surface area (Å²) in [6, 6.07) is 10.4. The smallest absolute Gasteiger partial charge is 0.253 e. The number of benzene rings is 2. The summed E-state index contributed by atoms with van der Waals surface area (Å²) in [5.74, 6) is -0.292. The maximum atomic E-state index is 14.3. The summed E-state index contributed by atoms with van der Waals surface area (Å²) in [4.78, 5) is 23.5. The Kier molecular flexibility index (Phi) is 4.37. The zero-order valence-corrected chi connectivity index (χ0v) is 14.7. The number of rotatable bonds is 2. The second-order valence-electron chi connectivity index (χ2n) is 6.79. The number of carbonyl (C=O) groups is 1. The third-order valence-electron chi connectivity index (χ3n) is 4.83. The molecular formula is C21H20FN3O. The number of carbonyl (C=O) groups excluding carboxylic acids is 1. The van der Waals surface area contributed by atoms with Crippen molar-refractivity contribution in [1.82, 2.24) is 14.9 Å². The number of amides is 1. The first-order valence-corrected chi connectivity index (χ1v) is 8.94. The van der Waals surface area contributed by atoms with E-state index < -0.39 is 0 Å². The molecule has 132 valence electrons. The Hall–Kier alpha value is -2.82. The van der Waals surface area contributed by atoms with Crippen molar-refractivity contribution in [3.63, 3.8) is 0 Å². The van der Waals surface area contributed by atoms with Crippen LogP contribution < -0.4 is 0 Å². The van der Waals surface area contributed by atoms with Crippen LogP contribution in [-0.4, -0.2) is 33.9 Å². The van der Waals surface area contributed by atoms with E-state index >= 15 is 0 Å². The summed E-state index contributed by atoms with van der Waals surface area (Å²) in [5, 5.41) is 0. The van der Waals surface area contributed by atoms with Crippen molar-refractivity contribution in [2.75, 3.05) is 13.1 Å². The third kappa shape index (κ3) is 3.17. The zero-order valence-electron chi connectivity index (χ0n) is 14.7. The highest BCUT2D eigenvalue weighted by Crippen LogP contribution is 2.24. The molecule has 3 aromatic rings. The highest BCUT2D eigenvalue weighted by Gasteiger charge is 2.19. The van der Waals surface area contributed by atoms with Crippen LogP contribution in [0.1, 0.15) is 35.2 Å². The lowest BCUT2D eigenvalue weighted by atomic mass is 10.1. The van der Waals surface area contributed by atoms with Crippen LogP contribution in [0, 0.1) is 12.7 Å². The number of hydrogen-bond acceptors (Lipinski definition) is 3. The van der Waals surface area contributed by atoms with Crippen molar-refractivity contribution in [3.8, 4) is 11.3 Å². The molecule has 0 unspecified atom stereocenters. The Balaban J connectivity index is 1.71. The molecule has 0 spiro atoms. The fraction of sp³-hybridized carbons (Fsp3) is 0.286. The highest BCUT2D eigenvalue weighted by atomic mass is 19.1. The van der Waals surface area contributed by atoms with Crippen LogP contribution in [0.5, 0.6) is 0 Å². The number of fused-ring (bicyclic) bond motifs is 1. The van der Waals surface area contributed by atoms with Crippen LogP contribution >= 0.6 is 0 Å². The molecule has 2 aromatic carbocycles. The quantitative estimate of drug-likeness (QED) is 0.690. The maximum Gasteiger partial charge on any atom is 0.253 e. The Morgan fingerprint density at radius 3 is 2.62 bits per heavy atom. The topological polar surface area (TPSA) is 46.1 Å². The lowest BCUT2D eigenvalue weighted by Gasteiger charge is -2.26. The number of piperidine rings is 1. The molecule has 26 heavy (non-hydrogen) atoms. The first kappa shape index (κ1) is 16.6. The molecule has 1 aliphatic rings. The lowest BCUT2D eigenvalue weighted by Crippen LogP contribution is -2.35. The molecule has 0 radical (unpaired) electrons. The average molecular weight is 349 g/mol. The van der Waals surface area contributed by atoms with Gasteiger partial charge >= 0.3 is 0 Å². The molecule has 0 bridgehead atoms. The van der Waals surface area contributed by atoms with Gasteiger partial charge in [-0.3, -0.25) is 9.78 Å². The number of halogens is 1. The van der Waals surface area contributed by atoms with Gasteiger partial charge < -0.3 is 4.90 Å². The van der Waals surface area contributed by atoms with Crippen molar-refractivity contribution in [2.24, 2.45) is 0 Å². The Morgan fingerprint density at radius 1 is 1.04 bits per heavy atom. The number of hydrogen-bond donors (Lipinski definition) is 0. The molecule has 1 saturated heterocycles. The molecule has 0 saturated carbocycles. The van der Waals surface area contributed by atoms with E-state index in [0.29, 0.717) is 27.9 Å². The molecule has 1 aromatic heterocycles. The van der Waals surface area contributed by atoms with Gasteiger partial charge in [0.25, 0.3) is 5.91 Å².